The number of carboxylic acid groups (broad SMARTS) is 1. The van der Waals surface area contributed by atoms with Crippen molar-refractivity contribution in [3.63, 3.8) is 0 Å². The average molecular weight is 267 g/mol. The lowest BCUT2D eigenvalue weighted by Gasteiger charge is -2.27. The predicted octanol–water partition coefficient (Wildman–Crippen LogP) is 3.27. The molecule has 5 heteroatoms. The number of hydrogen-bond donors (Lipinski definition) is 2. The molecule has 0 atom stereocenters. The van der Waals surface area contributed by atoms with Gasteiger partial charge in [0.25, 0.3) is 0 Å². The van der Waals surface area contributed by atoms with E-state index in [-0.39, 0.29) is 6.42 Å². The van der Waals surface area contributed by atoms with Crippen LogP contribution in [0.2, 0.25) is 5.02 Å². The first-order valence-corrected chi connectivity index (χ1v) is 5.91. The molecule has 0 saturated carbocycles. The molecule has 0 saturated heterocycles. The molecule has 1 rings (SSSR count). The van der Waals surface area contributed by atoms with E-state index < -0.39 is 11.5 Å². The van der Waals surface area contributed by atoms with Gasteiger partial charge in [-0.3, -0.25) is 4.79 Å². The van der Waals surface area contributed by atoms with Gasteiger partial charge in [0, 0.05) is 17.0 Å². The molecule has 0 bridgehead atoms. The van der Waals surface area contributed by atoms with Gasteiger partial charge in [0.05, 0.1) is 11.3 Å². The maximum Gasteiger partial charge on any atom is 0.303 e. The monoisotopic (exact) mass is 266 g/mol. The molecule has 0 radical (unpaired) electrons. The number of nitrogens with one attached hydrogen (secondary N) is 1. The molecule has 0 amide bonds. The molecular formula is C13H15ClN2O2. The second-order valence-corrected chi connectivity index (χ2v) is 5.14. The fourth-order valence-electron chi connectivity index (χ4n) is 1.56. The number of rotatable bonds is 5. The lowest BCUT2D eigenvalue weighted by Crippen LogP contribution is -2.31. The van der Waals surface area contributed by atoms with Gasteiger partial charge < -0.3 is 10.4 Å². The molecule has 0 heterocycles. The molecule has 1 aromatic carbocycles. The quantitative estimate of drug-likeness (QED) is 0.858. The van der Waals surface area contributed by atoms with Crippen LogP contribution >= 0.6 is 11.6 Å². The Hall–Kier alpha value is -1.73. The van der Waals surface area contributed by atoms with Crippen molar-refractivity contribution < 1.29 is 9.90 Å². The summed E-state index contributed by atoms with van der Waals surface area (Å²) in [5.74, 6) is -0.832. The van der Waals surface area contributed by atoms with E-state index in [1.807, 2.05) is 13.8 Å². The van der Waals surface area contributed by atoms with Crippen LogP contribution in [0, 0.1) is 11.3 Å². The second-order valence-electron chi connectivity index (χ2n) is 4.70. The van der Waals surface area contributed by atoms with Crippen LogP contribution in [0.4, 0.5) is 5.69 Å². The number of nitrogens with zero attached hydrogens (tertiary/aromatic N) is 1. The molecule has 0 spiro atoms. The van der Waals surface area contributed by atoms with Crippen LogP contribution in [0.25, 0.3) is 0 Å². The number of carboxylic acids is 1. The fourth-order valence-corrected chi connectivity index (χ4v) is 1.74. The van der Waals surface area contributed by atoms with Crippen LogP contribution in [0.3, 0.4) is 0 Å². The highest BCUT2D eigenvalue weighted by Gasteiger charge is 2.20. The maximum absolute atomic E-state index is 10.6. The van der Waals surface area contributed by atoms with E-state index >= 15 is 0 Å². The number of anilines is 1. The summed E-state index contributed by atoms with van der Waals surface area (Å²) < 4.78 is 0. The summed E-state index contributed by atoms with van der Waals surface area (Å²) in [7, 11) is 0. The summed E-state index contributed by atoms with van der Waals surface area (Å²) in [6, 6.07) is 7.06. The molecule has 4 nitrogen and oxygen atoms in total. The molecule has 18 heavy (non-hydrogen) atoms. The highest BCUT2D eigenvalue weighted by atomic mass is 35.5. The summed E-state index contributed by atoms with van der Waals surface area (Å²) in [5, 5.41) is 21.4. The Morgan fingerprint density at radius 1 is 1.56 bits per heavy atom. The van der Waals surface area contributed by atoms with Crippen LogP contribution in [-0.2, 0) is 4.79 Å². The summed E-state index contributed by atoms with van der Waals surface area (Å²) in [6.45, 7) is 3.79. The Morgan fingerprint density at radius 3 is 2.78 bits per heavy atom. The summed E-state index contributed by atoms with van der Waals surface area (Å²) in [5.41, 5.74) is 0.709. The first-order chi connectivity index (χ1) is 8.34. The minimum absolute atomic E-state index is 0.0788. The van der Waals surface area contributed by atoms with Crippen molar-refractivity contribution in [2.75, 3.05) is 5.32 Å². The number of carbonyl (C=O) groups is 1. The van der Waals surface area contributed by atoms with E-state index in [9.17, 15) is 4.79 Å². The van der Waals surface area contributed by atoms with Crippen molar-refractivity contribution in [2.24, 2.45) is 0 Å². The van der Waals surface area contributed by atoms with E-state index in [0.717, 1.165) is 0 Å². The Bertz CT molecular complexity index is 492. The van der Waals surface area contributed by atoms with Gasteiger partial charge in [-0.25, -0.2) is 0 Å². The number of aliphatic carboxylic acids is 1. The van der Waals surface area contributed by atoms with Crippen molar-refractivity contribution in [1.82, 2.24) is 0 Å². The van der Waals surface area contributed by atoms with E-state index in [0.29, 0.717) is 22.7 Å². The Kier molecular flexibility index (Phi) is 4.57. The van der Waals surface area contributed by atoms with Crippen molar-refractivity contribution in [1.29, 1.82) is 5.26 Å². The van der Waals surface area contributed by atoms with Gasteiger partial charge in [-0.1, -0.05) is 11.6 Å². The van der Waals surface area contributed by atoms with Crippen LogP contribution < -0.4 is 5.32 Å². The predicted molar refractivity (Wildman–Crippen MR) is 70.7 cm³/mol. The molecule has 0 fully saturated rings. The lowest BCUT2D eigenvalue weighted by atomic mass is 9.97. The SMILES string of the molecule is CC(C)(CCC(=O)O)Nc1ccc(Cl)cc1C#N. The minimum Gasteiger partial charge on any atom is -0.481 e. The molecule has 96 valence electrons. The average Bonchev–Trinajstić information content (AvgIpc) is 2.29. The molecule has 0 aliphatic rings. The highest BCUT2D eigenvalue weighted by molar-refractivity contribution is 6.30. The van der Waals surface area contributed by atoms with Crippen LogP contribution in [0.15, 0.2) is 18.2 Å². The van der Waals surface area contributed by atoms with Gasteiger partial charge in [0.15, 0.2) is 0 Å². The molecule has 0 aliphatic carbocycles. The largest absolute Gasteiger partial charge is 0.481 e. The second kappa shape index (κ2) is 5.74. The smallest absolute Gasteiger partial charge is 0.303 e. The van der Waals surface area contributed by atoms with Gasteiger partial charge in [-0.15, -0.1) is 0 Å². The zero-order valence-electron chi connectivity index (χ0n) is 10.3. The lowest BCUT2D eigenvalue weighted by molar-refractivity contribution is -0.137. The standard InChI is InChI=1S/C13H15ClN2O2/c1-13(2,6-5-12(17)18)16-11-4-3-10(14)7-9(11)8-15/h3-4,7,16H,5-6H2,1-2H3,(H,17,18). The van der Waals surface area contributed by atoms with Crippen molar-refractivity contribution in [3.05, 3.63) is 28.8 Å². The Morgan fingerprint density at radius 2 is 2.22 bits per heavy atom. The fraction of sp³-hybridized carbons (Fsp3) is 0.385. The molecule has 0 aromatic heterocycles. The highest BCUT2D eigenvalue weighted by Crippen LogP contribution is 2.25. The Labute approximate surface area is 111 Å². The summed E-state index contributed by atoms with van der Waals surface area (Å²) >= 11 is 5.81. The number of halogens is 1. The van der Waals surface area contributed by atoms with Gasteiger partial charge in [-0.2, -0.15) is 5.26 Å². The number of nitriles is 1. The summed E-state index contributed by atoms with van der Waals surface area (Å²) in [4.78, 5) is 10.6. The first-order valence-electron chi connectivity index (χ1n) is 5.54. The van der Waals surface area contributed by atoms with Gasteiger partial charge in [0.2, 0.25) is 0 Å². The first kappa shape index (κ1) is 14.3. The number of hydrogen-bond acceptors (Lipinski definition) is 3. The zero-order valence-corrected chi connectivity index (χ0v) is 11.1. The van der Waals surface area contributed by atoms with Crippen LogP contribution in [0.5, 0.6) is 0 Å². The third-order valence-electron chi connectivity index (χ3n) is 2.54. The topological polar surface area (TPSA) is 73.1 Å². The minimum atomic E-state index is -0.832. The van der Waals surface area contributed by atoms with Gasteiger partial charge in [-0.05, 0) is 38.5 Å². The van der Waals surface area contributed by atoms with E-state index in [1.54, 1.807) is 18.2 Å². The molecule has 2 N–H and O–H groups in total. The summed E-state index contributed by atoms with van der Waals surface area (Å²) in [6.07, 6.45) is 0.547. The van der Waals surface area contributed by atoms with Crippen molar-refractivity contribution in [2.45, 2.75) is 32.2 Å². The van der Waals surface area contributed by atoms with Crippen LogP contribution in [-0.4, -0.2) is 16.6 Å². The van der Waals surface area contributed by atoms with E-state index in [1.165, 1.54) is 0 Å². The van der Waals surface area contributed by atoms with E-state index in [4.69, 9.17) is 22.0 Å². The third-order valence-corrected chi connectivity index (χ3v) is 2.77. The Balaban J connectivity index is 2.83. The van der Waals surface area contributed by atoms with Gasteiger partial charge in [0.1, 0.15) is 6.07 Å². The molecule has 0 unspecified atom stereocenters. The van der Waals surface area contributed by atoms with E-state index in [2.05, 4.69) is 11.4 Å². The van der Waals surface area contributed by atoms with Crippen molar-refractivity contribution in [3.8, 4) is 6.07 Å². The van der Waals surface area contributed by atoms with Crippen molar-refractivity contribution >= 4 is 23.3 Å². The third kappa shape index (κ3) is 4.27. The van der Waals surface area contributed by atoms with Gasteiger partial charge >= 0.3 is 5.97 Å². The molecular weight excluding hydrogens is 252 g/mol. The normalized spacial score (nSPS) is 10.8. The zero-order chi connectivity index (χ0) is 13.8. The van der Waals surface area contributed by atoms with Crippen LogP contribution in [0.1, 0.15) is 32.3 Å². The number of benzene rings is 1. The molecule has 0 aliphatic heterocycles. The maximum atomic E-state index is 10.6. The molecule has 1 aromatic rings.